The summed E-state index contributed by atoms with van der Waals surface area (Å²) in [5.74, 6) is 2.91. The van der Waals surface area contributed by atoms with Gasteiger partial charge >= 0.3 is 0 Å². The average molecular weight is 436 g/mol. The molecule has 7 heteroatoms. The molecule has 3 heterocycles. The highest BCUT2D eigenvalue weighted by molar-refractivity contribution is 5.95. The molecule has 170 valence electrons. The van der Waals surface area contributed by atoms with Crippen molar-refractivity contribution in [3.05, 3.63) is 70.7 Å². The molecule has 0 bridgehead atoms. The van der Waals surface area contributed by atoms with Crippen molar-refractivity contribution in [3.8, 4) is 0 Å². The van der Waals surface area contributed by atoms with E-state index in [4.69, 9.17) is 4.42 Å². The fourth-order valence-electron chi connectivity index (χ4n) is 4.34. The number of furan rings is 1. The van der Waals surface area contributed by atoms with Crippen LogP contribution in [0.4, 0.5) is 0 Å². The van der Waals surface area contributed by atoms with Crippen molar-refractivity contribution in [2.45, 2.75) is 59.7 Å². The van der Waals surface area contributed by atoms with Gasteiger partial charge in [0.1, 0.15) is 11.6 Å². The molecule has 1 N–H and O–H groups in total. The molecule has 32 heavy (non-hydrogen) atoms. The summed E-state index contributed by atoms with van der Waals surface area (Å²) in [4.78, 5) is 15.0. The number of aromatic nitrogens is 3. The average Bonchev–Trinajstić information content (AvgIpc) is 3.32. The van der Waals surface area contributed by atoms with Crippen LogP contribution in [-0.4, -0.2) is 38.7 Å². The minimum atomic E-state index is -0.238. The molecular weight excluding hydrogens is 402 g/mol. The molecule has 1 atom stereocenters. The molecule has 7 nitrogen and oxygen atoms in total. The number of aryl methyl sites for hydroxylation is 1. The molecule has 0 saturated heterocycles. The number of carbonyl (C=O) groups excluding carboxylic acids is 1. The molecule has 1 unspecified atom stereocenters. The third kappa shape index (κ3) is 5.10. The summed E-state index contributed by atoms with van der Waals surface area (Å²) in [6.07, 6.45) is 3.50. The monoisotopic (exact) mass is 435 g/mol. The first-order valence-corrected chi connectivity index (χ1v) is 11.5. The first-order chi connectivity index (χ1) is 15.4. The van der Waals surface area contributed by atoms with Crippen molar-refractivity contribution in [1.29, 1.82) is 0 Å². The highest BCUT2D eigenvalue weighted by Gasteiger charge is 2.24. The Bertz CT molecular complexity index is 1050. The molecular formula is C25H33N5O2. The van der Waals surface area contributed by atoms with Gasteiger partial charge in [-0.3, -0.25) is 9.69 Å². The summed E-state index contributed by atoms with van der Waals surface area (Å²) in [6, 6.07) is 10.5. The number of amides is 1. The van der Waals surface area contributed by atoms with E-state index in [0.717, 1.165) is 50.7 Å². The Morgan fingerprint density at radius 1 is 1.06 bits per heavy atom. The number of fused-ring (bicyclic) bond motifs is 1. The second kappa shape index (κ2) is 9.69. The zero-order valence-corrected chi connectivity index (χ0v) is 19.5. The van der Waals surface area contributed by atoms with Gasteiger partial charge in [0.2, 0.25) is 0 Å². The van der Waals surface area contributed by atoms with Gasteiger partial charge in [0.05, 0.1) is 17.9 Å². The maximum Gasteiger partial charge on any atom is 0.255 e. The Hall–Kier alpha value is -2.93. The minimum absolute atomic E-state index is 0.155. The van der Waals surface area contributed by atoms with Crippen LogP contribution in [0.25, 0.3) is 0 Å². The lowest BCUT2D eigenvalue weighted by Gasteiger charge is -2.20. The van der Waals surface area contributed by atoms with Crippen molar-refractivity contribution in [2.24, 2.45) is 5.92 Å². The SMILES string of the molecule is Cc1occc1C(=O)NC(C)c1nnc2n1CCN(Cc1ccc(CC(C)C)cc1)CC2. The molecule has 0 saturated carbocycles. The van der Waals surface area contributed by atoms with Gasteiger partial charge in [-0.05, 0) is 43.4 Å². The van der Waals surface area contributed by atoms with E-state index < -0.39 is 0 Å². The zero-order chi connectivity index (χ0) is 22.7. The van der Waals surface area contributed by atoms with Crippen molar-refractivity contribution < 1.29 is 9.21 Å². The van der Waals surface area contributed by atoms with Crippen LogP contribution >= 0.6 is 0 Å². The smallest absolute Gasteiger partial charge is 0.255 e. The van der Waals surface area contributed by atoms with Gasteiger partial charge in [-0.15, -0.1) is 10.2 Å². The molecule has 0 radical (unpaired) electrons. The predicted molar refractivity (Wildman–Crippen MR) is 123 cm³/mol. The molecule has 0 aliphatic carbocycles. The molecule has 0 spiro atoms. The summed E-state index contributed by atoms with van der Waals surface area (Å²) < 4.78 is 7.41. The Balaban J connectivity index is 1.37. The highest BCUT2D eigenvalue weighted by atomic mass is 16.3. The summed E-state index contributed by atoms with van der Waals surface area (Å²) in [7, 11) is 0. The fraction of sp³-hybridized carbons (Fsp3) is 0.480. The number of rotatable bonds is 7. The Morgan fingerprint density at radius 2 is 1.81 bits per heavy atom. The second-order valence-electron chi connectivity index (χ2n) is 9.15. The van der Waals surface area contributed by atoms with Crippen LogP contribution in [0, 0.1) is 12.8 Å². The largest absolute Gasteiger partial charge is 0.469 e. The van der Waals surface area contributed by atoms with Crippen LogP contribution in [-0.2, 0) is 25.9 Å². The molecule has 4 rings (SSSR count). The van der Waals surface area contributed by atoms with E-state index in [1.54, 1.807) is 13.0 Å². The quantitative estimate of drug-likeness (QED) is 0.609. The van der Waals surface area contributed by atoms with Gasteiger partial charge in [-0.25, -0.2) is 0 Å². The number of nitrogens with one attached hydrogen (secondary N) is 1. The summed E-state index contributed by atoms with van der Waals surface area (Å²) in [5, 5.41) is 11.8. The van der Waals surface area contributed by atoms with Crippen molar-refractivity contribution in [3.63, 3.8) is 0 Å². The van der Waals surface area contributed by atoms with E-state index in [9.17, 15) is 4.79 Å². The topological polar surface area (TPSA) is 76.2 Å². The first-order valence-electron chi connectivity index (χ1n) is 11.5. The van der Waals surface area contributed by atoms with E-state index in [1.807, 2.05) is 6.92 Å². The van der Waals surface area contributed by atoms with Crippen molar-refractivity contribution in [1.82, 2.24) is 25.0 Å². The van der Waals surface area contributed by atoms with E-state index in [1.165, 1.54) is 17.4 Å². The summed E-state index contributed by atoms with van der Waals surface area (Å²) >= 11 is 0. The Labute approximate surface area is 189 Å². The number of benzene rings is 1. The normalized spacial score (nSPS) is 15.4. The number of hydrogen-bond acceptors (Lipinski definition) is 5. The van der Waals surface area contributed by atoms with Crippen molar-refractivity contribution >= 4 is 5.91 Å². The lowest BCUT2D eigenvalue weighted by atomic mass is 10.0. The van der Waals surface area contributed by atoms with E-state index in [0.29, 0.717) is 17.2 Å². The van der Waals surface area contributed by atoms with E-state index >= 15 is 0 Å². The lowest BCUT2D eigenvalue weighted by Crippen LogP contribution is -2.30. The standard InChI is InChI=1S/C25H33N5O2/c1-17(2)15-20-5-7-21(8-6-20)16-29-11-9-23-27-28-24(30(23)13-12-29)18(3)26-25(31)22-10-14-32-19(22)4/h5-8,10,14,17-18H,9,11-13,15-16H2,1-4H3,(H,26,31). The number of carbonyl (C=O) groups is 1. The van der Waals surface area contributed by atoms with Gasteiger partial charge < -0.3 is 14.3 Å². The highest BCUT2D eigenvalue weighted by Crippen LogP contribution is 2.19. The van der Waals surface area contributed by atoms with Gasteiger partial charge in [0.15, 0.2) is 5.82 Å². The third-order valence-electron chi connectivity index (χ3n) is 6.06. The van der Waals surface area contributed by atoms with Crippen LogP contribution in [0.1, 0.15) is 65.7 Å². The Morgan fingerprint density at radius 3 is 2.50 bits per heavy atom. The molecule has 1 aliphatic heterocycles. The van der Waals surface area contributed by atoms with Crippen LogP contribution in [0.3, 0.4) is 0 Å². The summed E-state index contributed by atoms with van der Waals surface area (Å²) in [6.45, 7) is 11.9. The van der Waals surface area contributed by atoms with Crippen LogP contribution in [0.5, 0.6) is 0 Å². The van der Waals surface area contributed by atoms with Gasteiger partial charge in [0.25, 0.3) is 5.91 Å². The van der Waals surface area contributed by atoms with Crippen molar-refractivity contribution in [2.75, 3.05) is 13.1 Å². The molecule has 3 aromatic rings. The maximum absolute atomic E-state index is 12.6. The lowest BCUT2D eigenvalue weighted by molar-refractivity contribution is 0.0936. The summed E-state index contributed by atoms with van der Waals surface area (Å²) in [5.41, 5.74) is 3.29. The molecule has 1 amide bonds. The Kier molecular flexibility index (Phi) is 6.74. The van der Waals surface area contributed by atoms with E-state index in [2.05, 4.69) is 63.1 Å². The minimum Gasteiger partial charge on any atom is -0.469 e. The molecule has 1 aliphatic rings. The van der Waals surface area contributed by atoms with Gasteiger partial charge in [0, 0.05) is 32.6 Å². The predicted octanol–water partition coefficient (Wildman–Crippen LogP) is 3.93. The van der Waals surface area contributed by atoms with Gasteiger partial charge in [-0.2, -0.15) is 0 Å². The number of nitrogens with zero attached hydrogens (tertiary/aromatic N) is 4. The fourth-order valence-corrected chi connectivity index (χ4v) is 4.34. The molecule has 2 aromatic heterocycles. The van der Waals surface area contributed by atoms with Crippen LogP contribution in [0.15, 0.2) is 41.0 Å². The van der Waals surface area contributed by atoms with Crippen LogP contribution in [0.2, 0.25) is 0 Å². The molecule has 1 aromatic carbocycles. The maximum atomic E-state index is 12.6. The third-order valence-corrected chi connectivity index (χ3v) is 6.06. The number of hydrogen-bond donors (Lipinski definition) is 1. The zero-order valence-electron chi connectivity index (χ0n) is 19.5. The molecule has 0 fully saturated rings. The van der Waals surface area contributed by atoms with E-state index in [-0.39, 0.29) is 11.9 Å². The van der Waals surface area contributed by atoms with Gasteiger partial charge in [-0.1, -0.05) is 38.1 Å². The second-order valence-corrected chi connectivity index (χ2v) is 9.15. The first kappa shape index (κ1) is 22.3. The van der Waals surface area contributed by atoms with Crippen LogP contribution < -0.4 is 5.32 Å².